The molecule has 8 heteroatoms. The average Bonchev–Trinajstić information content (AvgIpc) is 2.88. The van der Waals surface area contributed by atoms with Crippen LogP contribution < -0.4 is 15.8 Å². The fourth-order valence-electron chi connectivity index (χ4n) is 3.89. The number of ether oxygens (including phenoxy) is 1. The molecule has 2 heterocycles. The molecule has 2 aromatic carbocycles. The molecule has 8 nitrogen and oxygen atoms in total. The fraction of sp³-hybridized carbons (Fsp3) is 0.231. The Bertz CT molecular complexity index is 1200. The summed E-state index contributed by atoms with van der Waals surface area (Å²) in [5, 5.41) is 12.3. The van der Waals surface area contributed by atoms with Gasteiger partial charge in [-0.3, -0.25) is 4.79 Å². The lowest BCUT2D eigenvalue weighted by Gasteiger charge is -2.32. The van der Waals surface area contributed by atoms with Crippen LogP contribution in [0, 0.1) is 17.2 Å². The maximum Gasteiger partial charge on any atom is 0.263 e. The number of amides is 1. The van der Waals surface area contributed by atoms with E-state index < -0.39 is 0 Å². The Balaban J connectivity index is 1.40. The summed E-state index contributed by atoms with van der Waals surface area (Å²) in [5.74, 6) is 2.47. The van der Waals surface area contributed by atoms with Crippen LogP contribution in [0.5, 0.6) is 11.5 Å². The summed E-state index contributed by atoms with van der Waals surface area (Å²) in [6.45, 7) is 5.42. The maximum atomic E-state index is 12.1. The predicted molar refractivity (Wildman–Crippen MR) is 131 cm³/mol. The standard InChI is InChI=1S/C26H26N6O2/c1-18(15-27)25(33)32-13-11-19(12-14-32)16-29-24-23(17-30-26(28)31-24)20-7-9-22(10-8-20)34-21-5-3-2-4-6-21/h2-10,17,19H,1,11-14,16H2,(H3,28,29,30,31). The zero-order valence-corrected chi connectivity index (χ0v) is 18.8. The van der Waals surface area contributed by atoms with E-state index in [1.807, 2.05) is 60.7 Å². The second-order valence-electron chi connectivity index (χ2n) is 8.14. The molecule has 4 rings (SSSR count). The van der Waals surface area contributed by atoms with Gasteiger partial charge in [-0.1, -0.05) is 36.9 Å². The SMILES string of the molecule is C=C(C#N)C(=O)N1CCC(CNc2nc(N)ncc2-c2ccc(Oc3ccccc3)cc2)CC1. The molecule has 0 spiro atoms. The van der Waals surface area contributed by atoms with Gasteiger partial charge in [0.05, 0.1) is 0 Å². The molecule has 1 amide bonds. The lowest BCUT2D eigenvalue weighted by atomic mass is 9.96. The van der Waals surface area contributed by atoms with Gasteiger partial charge in [-0.2, -0.15) is 10.2 Å². The number of nitrogen functional groups attached to an aromatic ring is 1. The van der Waals surface area contributed by atoms with E-state index in [0.717, 1.165) is 35.5 Å². The number of nitrogens with zero attached hydrogens (tertiary/aromatic N) is 4. The number of piperidine rings is 1. The number of hydrogen-bond donors (Lipinski definition) is 2. The minimum absolute atomic E-state index is 0.0159. The van der Waals surface area contributed by atoms with E-state index in [9.17, 15) is 4.79 Å². The van der Waals surface area contributed by atoms with E-state index in [1.165, 1.54) is 0 Å². The first kappa shape index (κ1) is 22.8. The summed E-state index contributed by atoms with van der Waals surface area (Å²) in [5.41, 5.74) is 7.63. The van der Waals surface area contributed by atoms with Crippen molar-refractivity contribution in [2.45, 2.75) is 12.8 Å². The van der Waals surface area contributed by atoms with Crippen molar-refractivity contribution in [1.29, 1.82) is 5.26 Å². The summed E-state index contributed by atoms with van der Waals surface area (Å²) in [6.07, 6.45) is 3.38. The highest BCUT2D eigenvalue weighted by Crippen LogP contribution is 2.30. The summed E-state index contributed by atoms with van der Waals surface area (Å²) in [4.78, 5) is 22.4. The zero-order valence-electron chi connectivity index (χ0n) is 18.8. The van der Waals surface area contributed by atoms with Crippen LogP contribution in [0.15, 0.2) is 72.9 Å². The average molecular weight is 455 g/mol. The molecule has 1 aromatic heterocycles. The highest BCUT2D eigenvalue weighted by Gasteiger charge is 2.24. The molecule has 0 atom stereocenters. The summed E-state index contributed by atoms with van der Waals surface area (Å²) < 4.78 is 5.87. The molecular formula is C26H26N6O2. The molecule has 3 N–H and O–H groups in total. The number of carbonyl (C=O) groups is 1. The number of para-hydroxylation sites is 1. The Morgan fingerprint density at radius 3 is 2.50 bits per heavy atom. The number of nitrogens with one attached hydrogen (secondary N) is 1. The minimum atomic E-state index is -0.278. The lowest BCUT2D eigenvalue weighted by molar-refractivity contribution is -0.127. The van der Waals surface area contributed by atoms with Crippen molar-refractivity contribution in [2.24, 2.45) is 5.92 Å². The number of aromatic nitrogens is 2. The van der Waals surface area contributed by atoms with Crippen molar-refractivity contribution in [1.82, 2.24) is 14.9 Å². The third-order valence-electron chi connectivity index (χ3n) is 5.80. The highest BCUT2D eigenvalue weighted by atomic mass is 16.5. The van der Waals surface area contributed by atoms with Crippen LogP contribution in [0.2, 0.25) is 0 Å². The zero-order chi connectivity index (χ0) is 23.9. The van der Waals surface area contributed by atoms with Gasteiger partial charge in [-0.25, -0.2) is 4.98 Å². The van der Waals surface area contributed by atoms with Crippen LogP contribution in [-0.2, 0) is 4.79 Å². The van der Waals surface area contributed by atoms with Crippen LogP contribution in [0.4, 0.5) is 11.8 Å². The van der Waals surface area contributed by atoms with E-state index in [4.69, 9.17) is 15.7 Å². The topological polar surface area (TPSA) is 117 Å². The van der Waals surface area contributed by atoms with Crippen LogP contribution in [0.1, 0.15) is 12.8 Å². The highest BCUT2D eigenvalue weighted by molar-refractivity contribution is 5.96. The number of nitriles is 1. The number of carbonyl (C=O) groups excluding carboxylic acids is 1. The van der Waals surface area contributed by atoms with Crippen LogP contribution in [0.3, 0.4) is 0 Å². The third kappa shape index (κ3) is 5.51. The number of rotatable bonds is 7. The monoisotopic (exact) mass is 454 g/mol. The minimum Gasteiger partial charge on any atom is -0.457 e. The second-order valence-corrected chi connectivity index (χ2v) is 8.14. The summed E-state index contributed by atoms with van der Waals surface area (Å²) in [6, 6.07) is 19.2. The molecule has 0 unspecified atom stereocenters. The molecule has 0 bridgehead atoms. The van der Waals surface area contributed by atoms with Gasteiger partial charge in [0.25, 0.3) is 5.91 Å². The predicted octanol–water partition coefficient (Wildman–Crippen LogP) is 4.25. The molecule has 1 saturated heterocycles. The van der Waals surface area contributed by atoms with Crippen molar-refractivity contribution in [2.75, 3.05) is 30.7 Å². The molecule has 1 fully saturated rings. The van der Waals surface area contributed by atoms with Crippen LogP contribution in [-0.4, -0.2) is 40.4 Å². The normalized spacial score (nSPS) is 13.7. The first-order chi connectivity index (χ1) is 16.5. The molecule has 1 aliphatic rings. The van der Waals surface area contributed by atoms with Gasteiger partial charge in [-0.15, -0.1) is 0 Å². The van der Waals surface area contributed by atoms with E-state index in [1.54, 1.807) is 11.1 Å². The number of hydrogen-bond acceptors (Lipinski definition) is 7. The van der Waals surface area contributed by atoms with Crippen LogP contribution in [0.25, 0.3) is 11.1 Å². The molecule has 0 radical (unpaired) electrons. The Morgan fingerprint density at radius 1 is 1.15 bits per heavy atom. The summed E-state index contributed by atoms with van der Waals surface area (Å²) >= 11 is 0. The molecular weight excluding hydrogens is 428 g/mol. The van der Waals surface area contributed by atoms with Crippen molar-refractivity contribution >= 4 is 17.7 Å². The quantitative estimate of drug-likeness (QED) is 0.405. The molecule has 1 aliphatic heterocycles. The molecule has 172 valence electrons. The van der Waals surface area contributed by atoms with Gasteiger partial charge in [-0.05, 0) is 48.6 Å². The van der Waals surface area contributed by atoms with Gasteiger partial charge in [0, 0.05) is 31.4 Å². The lowest BCUT2D eigenvalue weighted by Crippen LogP contribution is -2.40. The first-order valence-corrected chi connectivity index (χ1v) is 11.1. The Kier molecular flexibility index (Phi) is 7.04. The van der Waals surface area contributed by atoms with Crippen LogP contribution >= 0.6 is 0 Å². The third-order valence-corrected chi connectivity index (χ3v) is 5.80. The van der Waals surface area contributed by atoms with Crippen molar-refractivity contribution in [3.8, 4) is 28.7 Å². The van der Waals surface area contributed by atoms with E-state index in [0.29, 0.717) is 31.4 Å². The molecule has 3 aromatic rings. The van der Waals surface area contributed by atoms with Crippen molar-refractivity contribution in [3.63, 3.8) is 0 Å². The van der Waals surface area contributed by atoms with Gasteiger partial charge in [0.1, 0.15) is 29.0 Å². The van der Waals surface area contributed by atoms with Gasteiger partial charge < -0.3 is 20.7 Å². The van der Waals surface area contributed by atoms with E-state index in [2.05, 4.69) is 21.9 Å². The van der Waals surface area contributed by atoms with Crippen molar-refractivity contribution in [3.05, 3.63) is 72.9 Å². The Labute approximate surface area is 198 Å². The smallest absolute Gasteiger partial charge is 0.263 e. The number of benzene rings is 2. The maximum absolute atomic E-state index is 12.1. The fourth-order valence-corrected chi connectivity index (χ4v) is 3.89. The molecule has 0 saturated carbocycles. The second kappa shape index (κ2) is 10.5. The van der Waals surface area contributed by atoms with E-state index >= 15 is 0 Å². The van der Waals surface area contributed by atoms with Gasteiger partial charge in [0.15, 0.2) is 0 Å². The Hall–Kier alpha value is -4.38. The summed E-state index contributed by atoms with van der Waals surface area (Å²) in [7, 11) is 0. The number of likely N-dealkylation sites (tertiary alicyclic amines) is 1. The van der Waals surface area contributed by atoms with Gasteiger partial charge >= 0.3 is 0 Å². The van der Waals surface area contributed by atoms with Crippen molar-refractivity contribution < 1.29 is 9.53 Å². The van der Waals surface area contributed by atoms with Gasteiger partial charge in [0.2, 0.25) is 5.95 Å². The molecule has 0 aliphatic carbocycles. The largest absolute Gasteiger partial charge is 0.457 e. The first-order valence-electron chi connectivity index (χ1n) is 11.1. The molecule has 34 heavy (non-hydrogen) atoms. The van der Waals surface area contributed by atoms with E-state index in [-0.39, 0.29) is 17.4 Å². The number of nitrogens with two attached hydrogens (primary N) is 1. The number of anilines is 2. The Morgan fingerprint density at radius 2 is 1.82 bits per heavy atom.